The van der Waals surface area contributed by atoms with Gasteiger partial charge in [0.25, 0.3) is 0 Å². The Kier molecular flexibility index (Phi) is 16.0. The molecule has 0 aliphatic carbocycles. The zero-order valence-electron chi connectivity index (χ0n) is 3.09. The van der Waals surface area contributed by atoms with E-state index >= 15 is 0 Å². The third-order valence-electron chi connectivity index (χ3n) is 0.0945. The van der Waals surface area contributed by atoms with Crippen molar-refractivity contribution in [1.29, 1.82) is 0 Å². The molecule has 0 rings (SSSR count). The summed E-state index contributed by atoms with van der Waals surface area (Å²) in [5.41, 5.74) is 0. The fraction of sp³-hybridized carbons (Fsp3) is 0.333. The van der Waals surface area contributed by atoms with Crippen LogP contribution in [-0.4, -0.2) is 0 Å². The van der Waals surface area contributed by atoms with E-state index in [2.05, 4.69) is 26.7 Å². The van der Waals surface area contributed by atoms with Crippen molar-refractivity contribution >= 4 is 15.9 Å². The van der Waals surface area contributed by atoms with E-state index in [1.54, 1.807) is 6.92 Å². The van der Waals surface area contributed by atoms with Crippen LogP contribution in [0.1, 0.15) is 6.92 Å². The molecule has 0 aromatic rings. The maximum absolute atomic E-state index is 2.89. The van der Waals surface area contributed by atoms with Crippen molar-refractivity contribution in [2.24, 2.45) is 0 Å². The van der Waals surface area contributed by atoms with Crippen LogP contribution in [0.15, 0.2) is 0 Å². The molecule has 3 N–H and O–H groups in total. The summed E-state index contributed by atoms with van der Waals surface area (Å²) in [4.78, 5) is 2.49. The molecule has 0 aliphatic heterocycles. The van der Waals surface area contributed by atoms with Gasteiger partial charge in [-0.1, -0.05) is 5.92 Å². The summed E-state index contributed by atoms with van der Waals surface area (Å²) in [5.74, 6) is 2.60. The summed E-state index contributed by atoms with van der Waals surface area (Å²) in [6.45, 7) is 1.77. The molecular formula is C3H6BrN. The zero-order valence-corrected chi connectivity index (χ0v) is 4.67. The van der Waals surface area contributed by atoms with Crippen LogP contribution in [0.25, 0.3) is 0 Å². The molecule has 0 unspecified atom stereocenters. The Morgan fingerprint density at radius 3 is 1.80 bits per heavy atom. The molecule has 0 fully saturated rings. The summed E-state index contributed by atoms with van der Waals surface area (Å²) in [6, 6.07) is 0. The highest BCUT2D eigenvalue weighted by molar-refractivity contribution is 9.12. The monoisotopic (exact) mass is 135 g/mol. The first-order chi connectivity index (χ1) is 1.91. The first kappa shape index (κ1) is 8.89. The van der Waals surface area contributed by atoms with Crippen LogP contribution in [0.4, 0.5) is 0 Å². The molecule has 0 saturated heterocycles. The third-order valence-corrected chi connectivity index (χ3v) is 0.491. The molecule has 0 atom stereocenters. The predicted octanol–water partition coefficient (Wildman–Crippen LogP) is 1.52. The Hall–Kier alpha value is -0.0000000000000000208. The molecule has 0 heterocycles. The molecule has 0 radical (unpaired) electrons. The summed E-state index contributed by atoms with van der Waals surface area (Å²) in [6.07, 6.45) is 0. The van der Waals surface area contributed by atoms with E-state index in [-0.39, 0.29) is 6.15 Å². The van der Waals surface area contributed by atoms with Crippen LogP contribution >= 0.6 is 15.9 Å². The summed E-state index contributed by atoms with van der Waals surface area (Å²) < 4.78 is 0. The average molecular weight is 136 g/mol. The fourth-order valence-electron chi connectivity index (χ4n) is 0. The van der Waals surface area contributed by atoms with Gasteiger partial charge in [0.2, 0.25) is 0 Å². The molecule has 30 valence electrons. The van der Waals surface area contributed by atoms with Crippen molar-refractivity contribution in [2.45, 2.75) is 6.92 Å². The third kappa shape index (κ3) is 16.0. The van der Waals surface area contributed by atoms with E-state index in [1.807, 2.05) is 0 Å². The summed E-state index contributed by atoms with van der Waals surface area (Å²) >= 11 is 2.89. The minimum absolute atomic E-state index is 0. The molecule has 1 nitrogen and oxygen atoms in total. The van der Waals surface area contributed by atoms with Gasteiger partial charge in [-0.2, -0.15) is 0 Å². The van der Waals surface area contributed by atoms with E-state index < -0.39 is 0 Å². The highest BCUT2D eigenvalue weighted by atomic mass is 79.9. The lowest BCUT2D eigenvalue weighted by atomic mass is 10.9. The van der Waals surface area contributed by atoms with Crippen molar-refractivity contribution in [2.75, 3.05) is 0 Å². The van der Waals surface area contributed by atoms with Gasteiger partial charge in [-0.05, 0) is 11.8 Å². The molecule has 0 amide bonds. The first-order valence-corrected chi connectivity index (χ1v) is 1.73. The van der Waals surface area contributed by atoms with Gasteiger partial charge in [0.1, 0.15) is 0 Å². The second-order valence-corrected chi connectivity index (χ2v) is 0.741. The first-order valence-electron chi connectivity index (χ1n) is 0.939. The fourth-order valence-corrected chi connectivity index (χ4v) is 0. The molecule has 0 aliphatic rings. The quantitative estimate of drug-likeness (QED) is 0.503. The number of hydrogen-bond donors (Lipinski definition) is 1. The Labute approximate surface area is 40.5 Å². The van der Waals surface area contributed by atoms with Gasteiger partial charge in [0, 0.05) is 15.9 Å². The van der Waals surface area contributed by atoms with Crippen LogP contribution in [0.5, 0.6) is 0 Å². The Balaban J connectivity index is 0. The lowest BCUT2D eigenvalue weighted by molar-refractivity contribution is 1.94. The Morgan fingerprint density at radius 2 is 1.80 bits per heavy atom. The van der Waals surface area contributed by atoms with Crippen molar-refractivity contribution < 1.29 is 0 Å². The minimum Gasteiger partial charge on any atom is -0.344 e. The second kappa shape index (κ2) is 9.00. The van der Waals surface area contributed by atoms with Crippen LogP contribution < -0.4 is 6.15 Å². The van der Waals surface area contributed by atoms with E-state index in [0.717, 1.165) is 0 Å². The Morgan fingerprint density at radius 1 is 1.60 bits per heavy atom. The summed E-state index contributed by atoms with van der Waals surface area (Å²) in [5, 5.41) is 0. The maximum Gasteiger partial charge on any atom is 0.0106 e. The van der Waals surface area contributed by atoms with Gasteiger partial charge in [0.05, 0.1) is 0 Å². The van der Waals surface area contributed by atoms with Crippen LogP contribution in [0.3, 0.4) is 0 Å². The van der Waals surface area contributed by atoms with Crippen molar-refractivity contribution in [1.82, 2.24) is 6.15 Å². The van der Waals surface area contributed by atoms with Crippen molar-refractivity contribution in [3.8, 4) is 10.8 Å². The lowest BCUT2D eigenvalue weighted by Gasteiger charge is -1.37. The molecule has 0 spiro atoms. The van der Waals surface area contributed by atoms with Gasteiger partial charge in [-0.25, -0.2) is 0 Å². The molecule has 0 aromatic heterocycles. The van der Waals surface area contributed by atoms with Gasteiger partial charge >= 0.3 is 0 Å². The molecule has 0 aromatic carbocycles. The molecule has 2 heteroatoms. The van der Waals surface area contributed by atoms with Crippen molar-refractivity contribution in [3.63, 3.8) is 0 Å². The van der Waals surface area contributed by atoms with Crippen LogP contribution in [0.2, 0.25) is 0 Å². The molecule has 0 bridgehead atoms. The second-order valence-electron chi connectivity index (χ2n) is 0.344. The lowest BCUT2D eigenvalue weighted by Crippen LogP contribution is -1.20. The van der Waals surface area contributed by atoms with E-state index in [1.165, 1.54) is 0 Å². The molecule has 5 heavy (non-hydrogen) atoms. The largest absolute Gasteiger partial charge is 0.344 e. The predicted molar refractivity (Wildman–Crippen MR) is 27.4 cm³/mol. The van der Waals surface area contributed by atoms with Crippen molar-refractivity contribution in [3.05, 3.63) is 0 Å². The van der Waals surface area contributed by atoms with Gasteiger partial charge in [0.15, 0.2) is 0 Å². The van der Waals surface area contributed by atoms with E-state index in [9.17, 15) is 0 Å². The van der Waals surface area contributed by atoms with E-state index in [0.29, 0.717) is 0 Å². The van der Waals surface area contributed by atoms with Gasteiger partial charge in [-0.3, -0.25) is 0 Å². The number of rotatable bonds is 0. The van der Waals surface area contributed by atoms with Crippen LogP contribution in [0, 0.1) is 10.8 Å². The standard InChI is InChI=1S/C3H3Br.H3N/c1-2-3-4;/h1H3;1H3. The topological polar surface area (TPSA) is 35.0 Å². The Bertz CT molecular complexity index is 43.6. The number of halogens is 1. The van der Waals surface area contributed by atoms with Gasteiger partial charge in [-0.15, -0.1) is 0 Å². The molecular weight excluding hydrogens is 130 g/mol. The van der Waals surface area contributed by atoms with Gasteiger partial charge < -0.3 is 6.15 Å². The summed E-state index contributed by atoms with van der Waals surface area (Å²) in [7, 11) is 0. The molecule has 0 saturated carbocycles. The minimum atomic E-state index is 0. The highest BCUT2D eigenvalue weighted by Crippen LogP contribution is 1.63. The average Bonchev–Trinajstić information content (AvgIpc) is 1.37. The van der Waals surface area contributed by atoms with E-state index in [4.69, 9.17) is 0 Å². The maximum atomic E-state index is 2.89. The highest BCUT2D eigenvalue weighted by Gasteiger charge is 1.30. The zero-order chi connectivity index (χ0) is 3.41. The smallest absolute Gasteiger partial charge is 0.0106 e. The van der Waals surface area contributed by atoms with Crippen LogP contribution in [-0.2, 0) is 0 Å². The normalized spacial score (nSPS) is 2.80. The SMILES string of the molecule is CC#CBr.N. The number of hydrogen-bond acceptors (Lipinski definition) is 1.